The van der Waals surface area contributed by atoms with Crippen LogP contribution in [0, 0.1) is 5.92 Å². The minimum Gasteiger partial charge on any atom is -0.394 e. The van der Waals surface area contributed by atoms with Crippen molar-refractivity contribution in [2.45, 2.75) is 82.4 Å². The fraction of sp³-hybridized carbons (Fsp3) is 0.625. The van der Waals surface area contributed by atoms with Gasteiger partial charge >= 0.3 is 0 Å². The van der Waals surface area contributed by atoms with Crippen molar-refractivity contribution in [3.63, 3.8) is 0 Å². The normalized spacial score (nSPS) is 23.4. The Morgan fingerprint density at radius 1 is 1.10 bits per heavy atom. The Labute approximate surface area is 183 Å². The first kappa shape index (κ1) is 22.0. The molecule has 1 atom stereocenters. The molecular formula is C24H34N4O3. The number of hydrogen-bond donors (Lipinski definition) is 4. The van der Waals surface area contributed by atoms with Gasteiger partial charge in [-0.3, -0.25) is 4.79 Å². The molecule has 0 radical (unpaired) electrons. The van der Waals surface area contributed by atoms with Gasteiger partial charge in [0.2, 0.25) is 5.95 Å². The first-order valence-corrected chi connectivity index (χ1v) is 11.7. The summed E-state index contributed by atoms with van der Waals surface area (Å²) in [6.07, 6.45) is 12.0. The zero-order valence-corrected chi connectivity index (χ0v) is 18.1. The van der Waals surface area contributed by atoms with Crippen LogP contribution in [0.2, 0.25) is 0 Å². The van der Waals surface area contributed by atoms with E-state index in [1.165, 1.54) is 32.1 Å². The molecule has 1 aromatic heterocycles. The first-order valence-electron chi connectivity index (χ1n) is 11.7. The highest BCUT2D eigenvalue weighted by molar-refractivity contribution is 5.97. The molecule has 4 N–H and O–H groups in total. The van der Waals surface area contributed by atoms with Crippen molar-refractivity contribution in [2.75, 3.05) is 11.9 Å². The van der Waals surface area contributed by atoms with Crippen molar-refractivity contribution in [3.05, 3.63) is 30.0 Å². The highest BCUT2D eigenvalue weighted by atomic mass is 16.3. The van der Waals surface area contributed by atoms with E-state index in [0.29, 0.717) is 22.9 Å². The van der Waals surface area contributed by atoms with Crippen molar-refractivity contribution >= 4 is 22.8 Å². The predicted molar refractivity (Wildman–Crippen MR) is 121 cm³/mol. The molecule has 1 amide bonds. The SMILES string of the molecule is O=C(N[C@H](CO)CC1CCCCC1)c1ccc2cnc(N[C@H]3CC[C@H](O)CC3)nc2c1. The fourth-order valence-electron chi connectivity index (χ4n) is 4.91. The van der Waals surface area contributed by atoms with E-state index >= 15 is 0 Å². The second-order valence-corrected chi connectivity index (χ2v) is 9.21. The summed E-state index contributed by atoms with van der Waals surface area (Å²) in [7, 11) is 0. The molecule has 7 heteroatoms. The maximum absolute atomic E-state index is 12.8. The minimum atomic E-state index is -0.212. The number of benzene rings is 1. The van der Waals surface area contributed by atoms with Gasteiger partial charge in [0.1, 0.15) is 0 Å². The lowest BCUT2D eigenvalue weighted by molar-refractivity contribution is 0.0902. The number of rotatable bonds is 7. The lowest BCUT2D eigenvalue weighted by Crippen LogP contribution is -2.39. The van der Waals surface area contributed by atoms with Gasteiger partial charge in [-0.25, -0.2) is 9.97 Å². The number of carbonyl (C=O) groups is 1. The summed E-state index contributed by atoms with van der Waals surface area (Å²) in [5.74, 6) is 0.966. The van der Waals surface area contributed by atoms with Crippen LogP contribution in [-0.2, 0) is 0 Å². The largest absolute Gasteiger partial charge is 0.394 e. The van der Waals surface area contributed by atoms with E-state index in [-0.39, 0.29) is 30.7 Å². The highest BCUT2D eigenvalue weighted by Gasteiger charge is 2.22. The number of nitrogens with one attached hydrogen (secondary N) is 2. The van der Waals surface area contributed by atoms with Crippen LogP contribution in [0.5, 0.6) is 0 Å². The smallest absolute Gasteiger partial charge is 0.251 e. The van der Waals surface area contributed by atoms with Crippen LogP contribution in [0.15, 0.2) is 24.4 Å². The van der Waals surface area contributed by atoms with Crippen LogP contribution in [0.25, 0.3) is 10.9 Å². The zero-order valence-electron chi connectivity index (χ0n) is 18.1. The van der Waals surface area contributed by atoms with E-state index in [2.05, 4.69) is 20.6 Å². The van der Waals surface area contributed by atoms with Gasteiger partial charge in [-0.15, -0.1) is 0 Å². The van der Waals surface area contributed by atoms with Crippen LogP contribution in [0.3, 0.4) is 0 Å². The van der Waals surface area contributed by atoms with Gasteiger partial charge in [-0.1, -0.05) is 38.2 Å². The van der Waals surface area contributed by atoms with Gasteiger partial charge in [0.05, 0.1) is 24.3 Å². The topological polar surface area (TPSA) is 107 Å². The summed E-state index contributed by atoms with van der Waals surface area (Å²) in [5.41, 5.74) is 1.26. The molecule has 0 spiro atoms. The van der Waals surface area contributed by atoms with Gasteiger partial charge in [0.25, 0.3) is 5.91 Å². The average molecular weight is 427 g/mol. The molecule has 0 unspecified atom stereocenters. The summed E-state index contributed by atoms with van der Waals surface area (Å²) < 4.78 is 0. The quantitative estimate of drug-likeness (QED) is 0.540. The number of aromatic nitrogens is 2. The Morgan fingerprint density at radius 3 is 2.61 bits per heavy atom. The monoisotopic (exact) mass is 426 g/mol. The molecule has 2 fully saturated rings. The van der Waals surface area contributed by atoms with Gasteiger partial charge in [0.15, 0.2) is 0 Å². The summed E-state index contributed by atoms with van der Waals surface area (Å²) in [4.78, 5) is 21.8. The minimum absolute atomic E-state index is 0.0395. The number of fused-ring (bicyclic) bond motifs is 1. The third kappa shape index (κ3) is 5.92. The molecule has 0 saturated heterocycles. The molecule has 2 aromatic rings. The van der Waals surface area contributed by atoms with Crippen molar-refractivity contribution < 1.29 is 15.0 Å². The molecule has 1 aromatic carbocycles. The Morgan fingerprint density at radius 2 is 1.87 bits per heavy atom. The second kappa shape index (κ2) is 10.4. The van der Waals surface area contributed by atoms with E-state index in [4.69, 9.17) is 0 Å². The molecule has 2 saturated carbocycles. The number of anilines is 1. The predicted octanol–water partition coefficient (Wildman–Crippen LogP) is 3.41. The molecule has 7 nitrogen and oxygen atoms in total. The van der Waals surface area contributed by atoms with E-state index in [0.717, 1.165) is 37.5 Å². The van der Waals surface area contributed by atoms with Gasteiger partial charge in [0, 0.05) is 23.2 Å². The number of amides is 1. The van der Waals surface area contributed by atoms with Crippen LogP contribution in [0.1, 0.15) is 74.6 Å². The summed E-state index contributed by atoms with van der Waals surface area (Å²) in [6.45, 7) is -0.0395. The van der Waals surface area contributed by atoms with E-state index < -0.39 is 0 Å². The third-order valence-electron chi connectivity index (χ3n) is 6.77. The number of hydrogen-bond acceptors (Lipinski definition) is 6. The molecule has 2 aliphatic carbocycles. The maximum Gasteiger partial charge on any atom is 0.251 e. The van der Waals surface area contributed by atoms with Gasteiger partial charge in [-0.05, 0) is 50.2 Å². The lowest BCUT2D eigenvalue weighted by Gasteiger charge is -2.26. The summed E-state index contributed by atoms with van der Waals surface area (Å²) >= 11 is 0. The van der Waals surface area contributed by atoms with E-state index in [1.807, 2.05) is 6.07 Å². The van der Waals surface area contributed by atoms with Crippen LogP contribution in [0.4, 0.5) is 5.95 Å². The van der Waals surface area contributed by atoms with Gasteiger partial charge < -0.3 is 20.8 Å². The summed E-state index contributed by atoms with van der Waals surface area (Å²) in [6, 6.07) is 5.48. The average Bonchev–Trinajstić information content (AvgIpc) is 2.80. The Kier molecular flexibility index (Phi) is 7.35. The number of aliphatic hydroxyl groups is 2. The maximum atomic E-state index is 12.8. The molecule has 4 rings (SSSR count). The molecule has 0 aliphatic heterocycles. The van der Waals surface area contributed by atoms with Crippen LogP contribution < -0.4 is 10.6 Å². The zero-order chi connectivity index (χ0) is 21.6. The van der Waals surface area contributed by atoms with Crippen molar-refractivity contribution in [1.29, 1.82) is 0 Å². The first-order chi connectivity index (χ1) is 15.1. The second-order valence-electron chi connectivity index (χ2n) is 9.21. The van der Waals surface area contributed by atoms with Crippen LogP contribution in [-0.4, -0.2) is 50.9 Å². The standard InChI is InChI=1S/C24H34N4O3/c29-15-20(12-16-4-2-1-3-5-16)26-23(31)17-6-7-18-14-25-24(28-22(18)13-17)27-19-8-10-21(30)11-9-19/h6-7,13-14,16,19-21,29-30H,1-5,8-12,15H2,(H,26,31)(H,25,27,28)/t19-,20-,21-/m0/s1. The number of nitrogens with zero attached hydrogens (tertiary/aromatic N) is 2. The third-order valence-corrected chi connectivity index (χ3v) is 6.77. The Balaban J connectivity index is 1.41. The molecule has 2 aliphatic rings. The number of aliphatic hydroxyl groups excluding tert-OH is 2. The molecule has 0 bridgehead atoms. The molecule has 1 heterocycles. The highest BCUT2D eigenvalue weighted by Crippen LogP contribution is 2.27. The Hall–Kier alpha value is -2.25. The summed E-state index contributed by atoms with van der Waals surface area (Å²) in [5, 5.41) is 26.7. The van der Waals surface area contributed by atoms with Crippen molar-refractivity contribution in [1.82, 2.24) is 15.3 Å². The van der Waals surface area contributed by atoms with Crippen molar-refractivity contribution in [2.24, 2.45) is 5.92 Å². The number of carbonyl (C=O) groups excluding carboxylic acids is 1. The molecule has 31 heavy (non-hydrogen) atoms. The lowest BCUT2D eigenvalue weighted by atomic mass is 9.85. The van der Waals surface area contributed by atoms with Crippen molar-refractivity contribution in [3.8, 4) is 0 Å². The molecular weight excluding hydrogens is 392 g/mol. The molecule has 168 valence electrons. The Bertz CT molecular complexity index is 876. The fourth-order valence-corrected chi connectivity index (χ4v) is 4.91. The van der Waals surface area contributed by atoms with E-state index in [9.17, 15) is 15.0 Å². The van der Waals surface area contributed by atoms with Gasteiger partial charge in [-0.2, -0.15) is 0 Å². The van der Waals surface area contributed by atoms with Crippen LogP contribution >= 0.6 is 0 Å². The van der Waals surface area contributed by atoms with E-state index in [1.54, 1.807) is 18.3 Å².